The van der Waals surface area contributed by atoms with Crippen molar-refractivity contribution in [1.82, 2.24) is 4.90 Å². The van der Waals surface area contributed by atoms with Gasteiger partial charge >= 0.3 is 0 Å². The molecule has 6 nitrogen and oxygen atoms in total. The number of sulfonamides is 1. The van der Waals surface area contributed by atoms with Crippen LogP contribution in [0.15, 0.2) is 47.4 Å². The Bertz CT molecular complexity index is 923. The van der Waals surface area contributed by atoms with Crippen LogP contribution in [0.25, 0.3) is 0 Å². The largest absolute Gasteiger partial charge is 0.482 e. The Morgan fingerprint density at radius 2 is 1.81 bits per heavy atom. The standard InChI is InChI=1S/C19H21ClN2O4S/c1-14-4-6-15(7-5-14)21-27(24,25)16-8-9-18(17(20)12-16)26-13-19(23)22-10-2-3-11-22/h4-9,12,21H,2-3,10-11,13H2,1H3. The molecule has 0 aromatic heterocycles. The number of aryl methyl sites for hydroxylation is 1. The average Bonchev–Trinajstić information content (AvgIpc) is 3.17. The predicted octanol–water partition coefficient (Wildman–Crippen LogP) is 3.45. The van der Waals surface area contributed by atoms with Crippen molar-refractivity contribution in [3.05, 3.63) is 53.1 Å². The first kappa shape index (κ1) is 19.5. The predicted molar refractivity (Wildman–Crippen MR) is 105 cm³/mol. The van der Waals surface area contributed by atoms with Gasteiger partial charge in [0, 0.05) is 18.8 Å². The summed E-state index contributed by atoms with van der Waals surface area (Å²) in [4.78, 5) is 13.8. The Kier molecular flexibility index (Phi) is 5.92. The summed E-state index contributed by atoms with van der Waals surface area (Å²) in [5.41, 5.74) is 1.50. The van der Waals surface area contributed by atoms with Gasteiger partial charge in [-0.15, -0.1) is 0 Å². The van der Waals surface area contributed by atoms with E-state index in [1.807, 2.05) is 19.1 Å². The van der Waals surface area contributed by atoms with Gasteiger partial charge in [0.05, 0.1) is 9.92 Å². The summed E-state index contributed by atoms with van der Waals surface area (Å²) in [5.74, 6) is 0.180. The Balaban J connectivity index is 1.67. The van der Waals surface area contributed by atoms with Crippen molar-refractivity contribution in [2.45, 2.75) is 24.7 Å². The summed E-state index contributed by atoms with van der Waals surface area (Å²) >= 11 is 6.16. The van der Waals surface area contributed by atoms with Gasteiger partial charge in [0.15, 0.2) is 6.61 Å². The minimum Gasteiger partial charge on any atom is -0.482 e. The van der Waals surface area contributed by atoms with Gasteiger partial charge in [-0.25, -0.2) is 8.42 Å². The maximum absolute atomic E-state index is 12.5. The zero-order valence-electron chi connectivity index (χ0n) is 14.9. The first-order valence-electron chi connectivity index (χ1n) is 8.65. The van der Waals surface area contributed by atoms with Gasteiger partial charge in [-0.3, -0.25) is 9.52 Å². The minimum atomic E-state index is -3.77. The number of carbonyl (C=O) groups is 1. The lowest BCUT2D eigenvalue weighted by molar-refractivity contribution is -0.132. The van der Waals surface area contributed by atoms with Crippen molar-refractivity contribution < 1.29 is 17.9 Å². The topological polar surface area (TPSA) is 75.7 Å². The van der Waals surface area contributed by atoms with Crippen LogP contribution in [0.3, 0.4) is 0 Å². The third-order valence-corrected chi connectivity index (χ3v) is 6.00. The highest BCUT2D eigenvalue weighted by atomic mass is 35.5. The number of ether oxygens (including phenoxy) is 1. The van der Waals surface area contributed by atoms with E-state index >= 15 is 0 Å². The van der Waals surface area contributed by atoms with E-state index in [1.54, 1.807) is 17.0 Å². The van der Waals surface area contributed by atoms with Gasteiger partial charge in [-0.05, 0) is 50.1 Å². The van der Waals surface area contributed by atoms with Gasteiger partial charge < -0.3 is 9.64 Å². The number of nitrogens with zero attached hydrogens (tertiary/aromatic N) is 1. The molecule has 0 spiro atoms. The van der Waals surface area contributed by atoms with Crippen molar-refractivity contribution in [2.75, 3.05) is 24.4 Å². The molecular weight excluding hydrogens is 388 g/mol. The molecule has 1 N–H and O–H groups in total. The second kappa shape index (κ2) is 8.19. The number of anilines is 1. The molecule has 1 saturated heterocycles. The van der Waals surface area contributed by atoms with Crippen LogP contribution in [0.5, 0.6) is 5.75 Å². The minimum absolute atomic E-state index is 0.0197. The van der Waals surface area contributed by atoms with Gasteiger partial charge in [-0.1, -0.05) is 29.3 Å². The van der Waals surface area contributed by atoms with Crippen molar-refractivity contribution in [2.24, 2.45) is 0 Å². The lowest BCUT2D eigenvalue weighted by atomic mass is 10.2. The molecule has 1 amide bonds. The number of benzene rings is 2. The lowest BCUT2D eigenvalue weighted by Gasteiger charge is -2.16. The van der Waals surface area contributed by atoms with Gasteiger partial charge in [0.1, 0.15) is 5.75 Å². The molecule has 1 aliphatic heterocycles. The number of nitrogens with one attached hydrogen (secondary N) is 1. The molecule has 0 saturated carbocycles. The average molecular weight is 409 g/mol. The number of halogens is 1. The molecular formula is C19H21ClN2O4S. The summed E-state index contributed by atoms with van der Waals surface area (Å²) in [6, 6.07) is 11.2. The van der Waals surface area contributed by atoms with Crippen LogP contribution < -0.4 is 9.46 Å². The Labute approximate surface area is 164 Å². The molecule has 0 unspecified atom stereocenters. The third-order valence-electron chi connectivity index (χ3n) is 4.33. The molecule has 0 atom stereocenters. The van der Waals surface area contributed by atoms with Crippen molar-refractivity contribution >= 4 is 33.2 Å². The molecule has 1 aliphatic rings. The van der Waals surface area contributed by atoms with Crippen LogP contribution in [-0.4, -0.2) is 38.9 Å². The second-order valence-electron chi connectivity index (χ2n) is 6.44. The fraction of sp³-hybridized carbons (Fsp3) is 0.316. The Hall–Kier alpha value is -2.25. The van der Waals surface area contributed by atoms with Crippen LogP contribution in [0.4, 0.5) is 5.69 Å². The van der Waals surface area contributed by atoms with E-state index in [4.69, 9.17) is 16.3 Å². The zero-order valence-corrected chi connectivity index (χ0v) is 16.5. The molecule has 1 heterocycles. The van der Waals surface area contributed by atoms with Crippen LogP contribution in [0.1, 0.15) is 18.4 Å². The molecule has 1 fully saturated rings. The first-order chi connectivity index (χ1) is 12.8. The first-order valence-corrected chi connectivity index (χ1v) is 10.5. The third kappa shape index (κ3) is 4.93. The smallest absolute Gasteiger partial charge is 0.261 e. The number of carbonyl (C=O) groups excluding carboxylic acids is 1. The number of hydrogen-bond acceptors (Lipinski definition) is 4. The summed E-state index contributed by atoms with van der Waals surface area (Å²) in [6.07, 6.45) is 2.01. The van der Waals surface area contributed by atoms with Gasteiger partial charge in [0.2, 0.25) is 0 Å². The maximum Gasteiger partial charge on any atom is 0.261 e. The highest BCUT2D eigenvalue weighted by Gasteiger charge is 2.20. The van der Waals surface area contributed by atoms with Crippen LogP contribution in [-0.2, 0) is 14.8 Å². The monoisotopic (exact) mass is 408 g/mol. The van der Waals surface area contributed by atoms with E-state index in [0.717, 1.165) is 31.5 Å². The fourth-order valence-corrected chi connectivity index (χ4v) is 4.18. The molecule has 2 aromatic carbocycles. The van der Waals surface area contributed by atoms with Crippen LogP contribution >= 0.6 is 11.6 Å². The molecule has 2 aromatic rings. The number of rotatable bonds is 6. The summed E-state index contributed by atoms with van der Waals surface area (Å²) in [5, 5.41) is 0.135. The highest BCUT2D eigenvalue weighted by molar-refractivity contribution is 7.92. The maximum atomic E-state index is 12.5. The molecule has 0 bridgehead atoms. The van der Waals surface area contributed by atoms with E-state index in [-0.39, 0.29) is 28.2 Å². The molecule has 8 heteroatoms. The normalized spacial score (nSPS) is 14.2. The Morgan fingerprint density at radius 1 is 1.15 bits per heavy atom. The van der Waals surface area contributed by atoms with E-state index in [0.29, 0.717) is 5.69 Å². The number of amides is 1. The zero-order chi connectivity index (χ0) is 19.4. The molecule has 0 radical (unpaired) electrons. The summed E-state index contributed by atoms with van der Waals surface area (Å²) < 4.78 is 33.0. The van der Waals surface area contributed by atoms with Crippen molar-refractivity contribution in [3.63, 3.8) is 0 Å². The van der Waals surface area contributed by atoms with Crippen LogP contribution in [0.2, 0.25) is 5.02 Å². The molecule has 0 aliphatic carbocycles. The van der Waals surface area contributed by atoms with Gasteiger partial charge in [-0.2, -0.15) is 0 Å². The Morgan fingerprint density at radius 3 is 2.44 bits per heavy atom. The molecule has 144 valence electrons. The quantitative estimate of drug-likeness (QED) is 0.794. The van der Waals surface area contributed by atoms with E-state index < -0.39 is 10.0 Å². The second-order valence-corrected chi connectivity index (χ2v) is 8.53. The van der Waals surface area contributed by atoms with E-state index in [2.05, 4.69) is 4.72 Å². The summed E-state index contributed by atoms with van der Waals surface area (Å²) in [6.45, 7) is 3.30. The van der Waals surface area contributed by atoms with Crippen molar-refractivity contribution in [1.29, 1.82) is 0 Å². The van der Waals surface area contributed by atoms with E-state index in [1.165, 1.54) is 18.2 Å². The van der Waals surface area contributed by atoms with Crippen LogP contribution in [0, 0.1) is 6.92 Å². The van der Waals surface area contributed by atoms with E-state index in [9.17, 15) is 13.2 Å². The highest BCUT2D eigenvalue weighted by Crippen LogP contribution is 2.28. The number of likely N-dealkylation sites (tertiary alicyclic amines) is 1. The lowest BCUT2D eigenvalue weighted by Crippen LogP contribution is -2.32. The SMILES string of the molecule is Cc1ccc(NS(=O)(=O)c2ccc(OCC(=O)N3CCCC3)c(Cl)c2)cc1. The molecule has 27 heavy (non-hydrogen) atoms. The van der Waals surface area contributed by atoms with Gasteiger partial charge in [0.25, 0.3) is 15.9 Å². The fourth-order valence-electron chi connectivity index (χ4n) is 2.80. The van der Waals surface area contributed by atoms with Crippen molar-refractivity contribution in [3.8, 4) is 5.75 Å². The summed E-state index contributed by atoms with van der Waals surface area (Å²) in [7, 11) is -3.77. The number of hydrogen-bond donors (Lipinski definition) is 1. The molecule has 3 rings (SSSR count).